The van der Waals surface area contributed by atoms with Gasteiger partial charge in [-0.25, -0.2) is 28.7 Å². The molecule has 4 aromatic rings. The first kappa shape index (κ1) is 38.7. The fourth-order valence-electron chi connectivity index (χ4n) is 5.38. The van der Waals surface area contributed by atoms with Gasteiger partial charge in [-0.3, -0.25) is 32.6 Å². The molecule has 2 aliphatic rings. The predicted octanol–water partition coefficient (Wildman–Crippen LogP) is 0.978. The van der Waals surface area contributed by atoms with Crippen molar-refractivity contribution in [2.45, 2.75) is 77.0 Å². The highest BCUT2D eigenvalue weighted by molar-refractivity contribution is 8.07. The maximum atomic E-state index is 16.2. The van der Waals surface area contributed by atoms with Crippen LogP contribution in [-0.4, -0.2) is 103 Å². The lowest BCUT2D eigenvalue weighted by Gasteiger charge is -2.25. The average molecular weight is 813 g/mol. The van der Waals surface area contributed by atoms with E-state index in [1.54, 1.807) is 20.8 Å². The predicted molar refractivity (Wildman–Crippen MR) is 180 cm³/mol. The Morgan fingerprint density at radius 1 is 0.981 bits per heavy atom. The van der Waals surface area contributed by atoms with Crippen LogP contribution in [0.1, 0.15) is 39.6 Å². The molecule has 2 aliphatic heterocycles. The highest BCUT2D eigenvalue weighted by Gasteiger charge is 2.50. The van der Waals surface area contributed by atoms with Crippen molar-refractivity contribution in [3.05, 3.63) is 46.0 Å². The molecule has 2 fully saturated rings. The van der Waals surface area contributed by atoms with Crippen molar-refractivity contribution < 1.29 is 56.0 Å². The van der Waals surface area contributed by atoms with Crippen molar-refractivity contribution in [2.75, 3.05) is 13.2 Å². The number of rotatable bonds is 12. The number of alkyl halides is 2. The zero-order valence-electron chi connectivity index (χ0n) is 27.3. The Morgan fingerprint density at radius 2 is 1.65 bits per heavy atom. The van der Waals surface area contributed by atoms with E-state index in [1.807, 2.05) is 0 Å². The summed E-state index contributed by atoms with van der Waals surface area (Å²) >= 11 is 9.63. The molecule has 0 amide bonds. The van der Waals surface area contributed by atoms with Crippen LogP contribution >= 0.6 is 13.4 Å². The molecule has 4 N–H and O–H groups in total. The molecule has 0 bridgehead atoms. The molecule has 20 nitrogen and oxygen atoms in total. The Labute approximate surface area is 301 Å². The lowest BCUT2D eigenvalue weighted by atomic mass is 9.98. The Kier molecular flexibility index (Phi) is 10.9. The number of hydrogen-bond acceptors (Lipinski definition) is 15. The smallest absolute Gasteiger partial charge is 0.325 e. The van der Waals surface area contributed by atoms with E-state index in [-0.39, 0.29) is 28.7 Å². The molecule has 26 heteroatoms. The number of carbonyl (C=O) groups excluding carboxylic acids is 1. The summed E-state index contributed by atoms with van der Waals surface area (Å²) in [5.74, 6) is -0.569. The van der Waals surface area contributed by atoms with Crippen molar-refractivity contribution in [3.63, 3.8) is 0 Å². The van der Waals surface area contributed by atoms with Gasteiger partial charge in [0.15, 0.2) is 47.7 Å². The minimum Gasteiger partial charge on any atom is -0.443 e. The Bertz CT molecular complexity index is 2190. The average Bonchev–Trinajstić information content (AvgIpc) is 3.83. The number of carbonyl (C=O) groups is 1. The molecule has 0 radical (unpaired) electrons. The van der Waals surface area contributed by atoms with Crippen LogP contribution in [0.5, 0.6) is 0 Å². The lowest BCUT2D eigenvalue weighted by molar-refractivity contribution is -0.157. The summed E-state index contributed by atoms with van der Waals surface area (Å²) in [6.07, 6.45) is -6.68. The van der Waals surface area contributed by atoms with E-state index in [9.17, 15) is 29.1 Å². The molecule has 6 heterocycles. The molecular formula is C26H32F2N8O12P2S2. The highest BCUT2D eigenvalue weighted by Crippen LogP contribution is 2.51. The van der Waals surface area contributed by atoms with Gasteiger partial charge in [0.05, 0.1) is 43.7 Å². The van der Waals surface area contributed by atoms with Crippen LogP contribution < -0.4 is 11.1 Å². The largest absolute Gasteiger partial charge is 0.443 e. The van der Waals surface area contributed by atoms with Crippen molar-refractivity contribution in [1.82, 2.24) is 38.6 Å². The first-order chi connectivity index (χ1) is 24.3. The maximum Gasteiger partial charge on any atom is 0.325 e. The fourth-order valence-corrected chi connectivity index (χ4v) is 7.36. The summed E-state index contributed by atoms with van der Waals surface area (Å²) < 4.78 is 67.1. The second kappa shape index (κ2) is 14.7. The molecule has 0 aliphatic carbocycles. The zero-order chi connectivity index (χ0) is 37.7. The van der Waals surface area contributed by atoms with E-state index >= 15 is 8.78 Å². The summed E-state index contributed by atoms with van der Waals surface area (Å²) in [5.41, 5.74) is -2.39. The van der Waals surface area contributed by atoms with Crippen LogP contribution in [0.25, 0.3) is 22.3 Å². The Morgan fingerprint density at radius 3 is 2.35 bits per heavy atom. The van der Waals surface area contributed by atoms with E-state index in [0.29, 0.717) is 0 Å². The van der Waals surface area contributed by atoms with E-state index in [0.717, 1.165) is 28.1 Å². The van der Waals surface area contributed by atoms with E-state index < -0.39 is 99.0 Å². The molecule has 2 saturated heterocycles. The van der Waals surface area contributed by atoms with Gasteiger partial charge in [0.1, 0.15) is 24.7 Å². The monoisotopic (exact) mass is 812 g/mol. The standard InChI is InChI=1S/C26H32F2N8O12P2S2/c1-26(2,3)25(39)43-11-34-8-33-20-17(22(34)38)32-10-36(20)24-15(28)18(14(47-24)6-44-49(40,41)51)48-50(42,52)45-5-12-4-13(27)23(46-12)35-9-31-16-19(35)29-7-30-21(16)37/h7-10,12-15,18,23-24H,4-6,11H2,1-3H3,(H,42,52)(H,29,30,37)(H2,40,41,51)/t12?,13-,14?,15-,18-,23?,24?,50?/m1/s1. The van der Waals surface area contributed by atoms with Crippen LogP contribution in [-0.2, 0) is 62.9 Å². The van der Waals surface area contributed by atoms with Gasteiger partial charge >= 0.3 is 19.4 Å². The van der Waals surface area contributed by atoms with Gasteiger partial charge in [0.2, 0.25) is 0 Å². The summed E-state index contributed by atoms with van der Waals surface area (Å²) in [6.45, 7) is -5.43. The van der Waals surface area contributed by atoms with Crippen molar-refractivity contribution in [1.29, 1.82) is 0 Å². The maximum absolute atomic E-state index is 16.2. The molecule has 0 spiro atoms. The second-order valence-electron chi connectivity index (χ2n) is 12.7. The Hall–Kier alpha value is -2.99. The van der Waals surface area contributed by atoms with E-state index in [4.69, 9.17) is 39.6 Å². The Balaban J connectivity index is 1.16. The van der Waals surface area contributed by atoms with Crippen LogP contribution in [0.4, 0.5) is 8.78 Å². The SMILES string of the molecule is CC(C)(C)C(=O)OCn1cnc2c(ncn2C2OC(COP(O)(O)=S)[C@@H](OP(O)(=S)OCC3C[C@@H](F)C(n4cnc5c(=O)[nH]cnc54)O3)[C@H]2F)c1=O. The molecule has 5 unspecified atom stereocenters. The van der Waals surface area contributed by atoms with Gasteiger partial charge in [-0.15, -0.1) is 0 Å². The summed E-state index contributed by atoms with van der Waals surface area (Å²) in [4.78, 5) is 86.0. The third kappa shape index (κ3) is 8.22. The molecule has 8 atom stereocenters. The number of aromatic nitrogens is 8. The number of imidazole rings is 2. The van der Waals surface area contributed by atoms with Gasteiger partial charge in [-0.05, 0) is 44.4 Å². The third-order valence-corrected chi connectivity index (χ3v) is 10.3. The van der Waals surface area contributed by atoms with Crippen molar-refractivity contribution in [2.24, 2.45) is 5.41 Å². The summed E-state index contributed by atoms with van der Waals surface area (Å²) in [6, 6.07) is 0. The number of halogens is 2. The number of esters is 1. The molecule has 6 rings (SSSR count). The van der Waals surface area contributed by atoms with Gasteiger partial charge in [0, 0.05) is 6.42 Å². The van der Waals surface area contributed by atoms with Crippen LogP contribution in [0.15, 0.2) is 34.9 Å². The minimum absolute atomic E-state index is 0.0260. The topological polar surface area (TPSA) is 249 Å². The molecule has 52 heavy (non-hydrogen) atoms. The first-order valence-corrected chi connectivity index (χ1v) is 20.5. The number of ether oxygens (including phenoxy) is 3. The zero-order valence-corrected chi connectivity index (χ0v) is 30.7. The molecule has 4 aromatic heterocycles. The number of aromatic amines is 1. The van der Waals surface area contributed by atoms with Crippen LogP contribution in [0.3, 0.4) is 0 Å². The normalized spacial score (nSPS) is 26.7. The quantitative estimate of drug-likeness (QED) is 0.115. The first-order valence-electron chi connectivity index (χ1n) is 15.3. The number of nitrogens with one attached hydrogen (secondary N) is 1. The van der Waals surface area contributed by atoms with Crippen LogP contribution in [0, 0.1) is 5.41 Å². The van der Waals surface area contributed by atoms with Gasteiger partial charge in [-0.1, -0.05) is 0 Å². The fraction of sp³-hybridized carbons (Fsp3) is 0.577. The van der Waals surface area contributed by atoms with Gasteiger partial charge < -0.3 is 42.9 Å². The number of hydrogen-bond donors (Lipinski definition) is 4. The van der Waals surface area contributed by atoms with E-state index in [1.165, 1.54) is 10.9 Å². The molecule has 284 valence electrons. The van der Waals surface area contributed by atoms with E-state index in [2.05, 4.69) is 36.7 Å². The second-order valence-corrected chi connectivity index (χ2v) is 18.2. The molecular weight excluding hydrogens is 780 g/mol. The highest BCUT2D eigenvalue weighted by atomic mass is 32.5. The minimum atomic E-state index is -4.37. The van der Waals surface area contributed by atoms with Crippen molar-refractivity contribution in [3.8, 4) is 0 Å². The lowest BCUT2D eigenvalue weighted by Crippen LogP contribution is -2.34. The molecule has 0 saturated carbocycles. The summed E-state index contributed by atoms with van der Waals surface area (Å²) in [5, 5.41) is 0. The van der Waals surface area contributed by atoms with Crippen molar-refractivity contribution >= 4 is 65.3 Å². The van der Waals surface area contributed by atoms with Gasteiger partial charge in [-0.2, -0.15) is 0 Å². The van der Waals surface area contributed by atoms with Gasteiger partial charge in [0.25, 0.3) is 11.1 Å². The van der Waals surface area contributed by atoms with Crippen LogP contribution in [0.2, 0.25) is 0 Å². The third-order valence-electron chi connectivity index (χ3n) is 7.89. The number of fused-ring (bicyclic) bond motifs is 2. The summed E-state index contributed by atoms with van der Waals surface area (Å²) in [7, 11) is 0. The number of nitrogens with zero attached hydrogens (tertiary/aromatic N) is 7. The number of H-pyrrole nitrogens is 1. The molecule has 0 aromatic carbocycles.